The predicted molar refractivity (Wildman–Crippen MR) is 93.8 cm³/mol. The molecule has 0 bridgehead atoms. The molecule has 0 atom stereocenters. The Bertz CT molecular complexity index is 787. The first-order valence-electron chi connectivity index (χ1n) is 6.28. The van der Waals surface area contributed by atoms with Crippen LogP contribution in [0.1, 0.15) is 4.88 Å². The fourth-order valence-electron chi connectivity index (χ4n) is 2.12. The normalized spacial score (nSPS) is 13.9. The van der Waals surface area contributed by atoms with Gasteiger partial charge in [-0.15, -0.1) is 34.0 Å². The van der Waals surface area contributed by atoms with E-state index in [2.05, 4.69) is 59.6 Å². The maximum atomic E-state index is 2.26. The van der Waals surface area contributed by atoms with Gasteiger partial charge in [-0.1, -0.05) is 23.9 Å². The van der Waals surface area contributed by atoms with Crippen LogP contribution in [0.5, 0.6) is 0 Å². The van der Waals surface area contributed by atoms with Gasteiger partial charge in [-0.05, 0) is 40.9 Å². The number of allylic oxidation sites excluding steroid dienone is 2. The smallest absolute Gasteiger partial charge is 0.113 e. The van der Waals surface area contributed by atoms with E-state index in [-0.39, 0.29) is 0 Å². The lowest BCUT2D eigenvalue weighted by Gasteiger charge is -1.94. The molecule has 0 saturated carbocycles. The fraction of sp³-hybridized carbons (Fsp3) is 0. The third kappa shape index (κ3) is 2.29. The van der Waals surface area contributed by atoms with Crippen molar-refractivity contribution in [2.24, 2.45) is 0 Å². The molecule has 3 aromatic heterocycles. The lowest BCUT2D eigenvalue weighted by Crippen LogP contribution is -1.83. The van der Waals surface area contributed by atoms with Crippen LogP contribution in [0.15, 0.2) is 59.6 Å². The predicted octanol–water partition coefficient (Wildman–Crippen LogP) is 5.78. The van der Waals surface area contributed by atoms with E-state index in [1.165, 1.54) is 29.6 Å². The molecule has 4 heterocycles. The Hall–Kier alpha value is -1.20. The summed E-state index contributed by atoms with van der Waals surface area (Å²) in [6.07, 6.45) is 4.40. The van der Waals surface area contributed by atoms with Crippen LogP contribution in [0.3, 0.4) is 0 Å². The third-order valence-electron chi connectivity index (χ3n) is 3.08. The van der Waals surface area contributed by atoms with Gasteiger partial charge in [0.05, 0.1) is 0 Å². The van der Waals surface area contributed by atoms with Gasteiger partial charge in [-0.2, -0.15) is 0 Å². The Morgan fingerprint density at radius 3 is 2.10 bits per heavy atom. The quantitative estimate of drug-likeness (QED) is 0.535. The summed E-state index contributed by atoms with van der Waals surface area (Å²) in [7, 11) is 0.831. The van der Waals surface area contributed by atoms with Crippen LogP contribution in [-0.4, -0.2) is 9.52 Å². The van der Waals surface area contributed by atoms with E-state index in [4.69, 9.17) is 0 Å². The second-order valence-corrected chi connectivity index (χ2v) is 8.66. The van der Waals surface area contributed by atoms with Crippen molar-refractivity contribution in [3.63, 3.8) is 0 Å². The summed E-state index contributed by atoms with van der Waals surface area (Å²) in [6, 6.07) is 13.3. The van der Waals surface area contributed by atoms with Crippen LogP contribution >= 0.6 is 34.0 Å². The molecule has 0 amide bonds. The zero-order chi connectivity index (χ0) is 13.4. The Morgan fingerprint density at radius 2 is 1.45 bits per heavy atom. The van der Waals surface area contributed by atoms with E-state index in [0.717, 1.165) is 9.52 Å². The van der Waals surface area contributed by atoms with Gasteiger partial charge in [-0.25, -0.2) is 0 Å². The highest BCUT2D eigenvalue weighted by Crippen LogP contribution is 2.40. The first kappa shape index (κ1) is 12.5. The molecule has 0 unspecified atom stereocenters. The molecule has 0 nitrogen and oxygen atoms in total. The molecule has 0 aliphatic carbocycles. The number of thiophene rings is 3. The lowest BCUT2D eigenvalue weighted by atomic mass is 10.3. The monoisotopic (exact) mass is 326 g/mol. The van der Waals surface area contributed by atoms with E-state index in [0.29, 0.717) is 0 Å². The Kier molecular flexibility index (Phi) is 3.32. The summed E-state index contributed by atoms with van der Waals surface area (Å²) in [4.78, 5) is 6.90. The molecule has 0 fully saturated rings. The Labute approximate surface area is 132 Å². The molecule has 1 aliphatic rings. The van der Waals surface area contributed by atoms with Crippen molar-refractivity contribution >= 4 is 48.7 Å². The second-order valence-electron chi connectivity index (χ2n) is 4.39. The van der Waals surface area contributed by atoms with Crippen LogP contribution < -0.4 is 0 Å². The van der Waals surface area contributed by atoms with Crippen molar-refractivity contribution in [1.82, 2.24) is 0 Å². The van der Waals surface area contributed by atoms with Gasteiger partial charge < -0.3 is 0 Å². The van der Waals surface area contributed by atoms with Gasteiger partial charge in [-0.3, -0.25) is 0 Å². The highest BCUT2D eigenvalue weighted by Gasteiger charge is 2.11. The van der Waals surface area contributed by atoms with E-state index >= 15 is 0 Å². The number of hydrogen-bond donors (Lipinski definition) is 0. The molecular formula is C16H10S3Si. The van der Waals surface area contributed by atoms with E-state index in [1.54, 1.807) is 0 Å². The average molecular weight is 327 g/mol. The average Bonchev–Trinajstić information content (AvgIpc) is 3.22. The minimum Gasteiger partial charge on any atom is -0.143 e. The maximum absolute atomic E-state index is 2.26. The minimum atomic E-state index is 0.831. The van der Waals surface area contributed by atoms with Gasteiger partial charge in [0.1, 0.15) is 9.52 Å². The SMILES string of the molecule is C1=C[Si]C(c2ccc(-c3ccc(-c4cccs4)s3)s2)=C1. The van der Waals surface area contributed by atoms with E-state index in [9.17, 15) is 0 Å². The van der Waals surface area contributed by atoms with Crippen molar-refractivity contribution < 1.29 is 0 Å². The molecule has 4 rings (SSSR count). The highest BCUT2D eigenvalue weighted by atomic mass is 32.1. The molecule has 96 valence electrons. The molecular weight excluding hydrogens is 316 g/mol. The zero-order valence-electron chi connectivity index (χ0n) is 10.5. The molecule has 20 heavy (non-hydrogen) atoms. The van der Waals surface area contributed by atoms with Crippen LogP contribution in [-0.2, 0) is 0 Å². The van der Waals surface area contributed by atoms with E-state index in [1.807, 2.05) is 34.0 Å². The summed E-state index contributed by atoms with van der Waals surface area (Å²) in [5.41, 5.74) is 2.24. The summed E-state index contributed by atoms with van der Waals surface area (Å²) < 4.78 is 0. The number of rotatable bonds is 3. The zero-order valence-corrected chi connectivity index (χ0v) is 13.9. The molecule has 4 heteroatoms. The highest BCUT2D eigenvalue weighted by molar-refractivity contribution is 7.26. The van der Waals surface area contributed by atoms with Gasteiger partial charge in [0.15, 0.2) is 0 Å². The van der Waals surface area contributed by atoms with Crippen molar-refractivity contribution in [2.75, 3.05) is 0 Å². The Morgan fingerprint density at radius 1 is 0.750 bits per heavy atom. The lowest BCUT2D eigenvalue weighted by molar-refractivity contribution is 1.89. The first-order chi connectivity index (χ1) is 9.90. The van der Waals surface area contributed by atoms with Crippen molar-refractivity contribution in [1.29, 1.82) is 0 Å². The summed E-state index contributed by atoms with van der Waals surface area (Å²) in [5, 5.41) is 3.61. The molecule has 2 radical (unpaired) electrons. The topological polar surface area (TPSA) is 0 Å². The molecule has 0 aromatic carbocycles. The fourth-order valence-corrected chi connectivity index (χ4v) is 6.11. The summed E-state index contributed by atoms with van der Waals surface area (Å²) in [6.45, 7) is 0. The van der Waals surface area contributed by atoms with Gasteiger partial charge in [0.25, 0.3) is 0 Å². The van der Waals surface area contributed by atoms with Crippen LogP contribution in [0.4, 0.5) is 0 Å². The Balaban J connectivity index is 1.65. The van der Waals surface area contributed by atoms with E-state index < -0.39 is 0 Å². The molecule has 1 aliphatic heterocycles. The second kappa shape index (κ2) is 5.29. The molecule has 3 aromatic rings. The standard InChI is InChI=1S/C16H10S3Si/c1-3-11(17-9-1)12-5-6-13(18-12)14-7-8-15(19-14)16-4-2-10-20-16/h1-10H. The van der Waals surface area contributed by atoms with Gasteiger partial charge >= 0.3 is 0 Å². The van der Waals surface area contributed by atoms with Crippen molar-refractivity contribution in [3.8, 4) is 19.5 Å². The maximum Gasteiger partial charge on any atom is 0.113 e. The van der Waals surface area contributed by atoms with Crippen molar-refractivity contribution in [3.05, 3.63) is 64.5 Å². The van der Waals surface area contributed by atoms with Gasteiger partial charge in [0.2, 0.25) is 0 Å². The van der Waals surface area contributed by atoms with Crippen LogP contribution in [0.2, 0.25) is 0 Å². The van der Waals surface area contributed by atoms with Crippen molar-refractivity contribution in [2.45, 2.75) is 0 Å². The van der Waals surface area contributed by atoms with Gasteiger partial charge in [0, 0.05) is 24.4 Å². The summed E-state index contributed by atoms with van der Waals surface area (Å²) >= 11 is 5.60. The first-order valence-corrected chi connectivity index (χ1v) is 9.87. The molecule has 0 saturated heterocycles. The number of hydrogen-bond acceptors (Lipinski definition) is 3. The minimum absolute atomic E-state index is 0.831. The van der Waals surface area contributed by atoms with Crippen LogP contribution in [0.25, 0.3) is 24.7 Å². The molecule has 0 spiro atoms. The van der Waals surface area contributed by atoms with Crippen LogP contribution in [0, 0.1) is 0 Å². The third-order valence-corrected chi connectivity index (χ3v) is 7.83. The summed E-state index contributed by atoms with van der Waals surface area (Å²) in [5.74, 6) is 0. The molecule has 0 N–H and O–H groups in total. The largest absolute Gasteiger partial charge is 0.143 e.